The SMILES string of the molecule is CCCCCCCCCCCCCCCCCCCCCCCCCC(=O)OCCCCCCCCCC. The van der Waals surface area contributed by atoms with Gasteiger partial charge in [0.1, 0.15) is 0 Å². The lowest BCUT2D eigenvalue weighted by Crippen LogP contribution is -2.05. The Morgan fingerprint density at radius 1 is 0.342 bits per heavy atom. The van der Waals surface area contributed by atoms with Crippen LogP contribution >= 0.6 is 0 Å². The molecule has 0 spiro atoms. The standard InChI is InChI=1S/C36H72O2/c1-3-5-7-9-11-13-14-15-16-17-18-19-20-21-22-23-24-25-26-27-28-30-32-34-36(37)38-35-33-31-29-12-10-8-6-4-2/h3-35H2,1-2H3. The lowest BCUT2D eigenvalue weighted by molar-refractivity contribution is -0.143. The largest absolute Gasteiger partial charge is 0.466 e. The fourth-order valence-electron chi connectivity index (χ4n) is 5.55. The van der Waals surface area contributed by atoms with E-state index in [4.69, 9.17) is 4.74 Å². The minimum Gasteiger partial charge on any atom is -0.466 e. The van der Waals surface area contributed by atoms with Gasteiger partial charge in [-0.2, -0.15) is 0 Å². The van der Waals surface area contributed by atoms with Gasteiger partial charge < -0.3 is 4.74 Å². The summed E-state index contributed by atoms with van der Waals surface area (Å²) in [4.78, 5) is 11.8. The molecule has 0 amide bonds. The smallest absolute Gasteiger partial charge is 0.305 e. The van der Waals surface area contributed by atoms with Crippen molar-refractivity contribution >= 4 is 5.97 Å². The van der Waals surface area contributed by atoms with Crippen molar-refractivity contribution in [2.75, 3.05) is 6.61 Å². The second kappa shape index (κ2) is 34.5. The minimum absolute atomic E-state index is 0.0245. The normalized spacial score (nSPS) is 11.3. The third-order valence-electron chi connectivity index (χ3n) is 8.25. The number of hydrogen-bond acceptors (Lipinski definition) is 2. The average molecular weight is 537 g/mol. The number of carbonyl (C=O) groups excluding carboxylic acids is 1. The number of rotatable bonds is 33. The molecule has 0 atom stereocenters. The Kier molecular flexibility index (Phi) is 34.0. The molecule has 0 saturated carbocycles. The molecule has 0 saturated heterocycles. The van der Waals surface area contributed by atoms with Gasteiger partial charge in [0, 0.05) is 6.42 Å². The molecule has 0 heterocycles. The van der Waals surface area contributed by atoms with Gasteiger partial charge in [-0.25, -0.2) is 0 Å². The van der Waals surface area contributed by atoms with Crippen molar-refractivity contribution < 1.29 is 9.53 Å². The highest BCUT2D eigenvalue weighted by Gasteiger charge is 2.02. The first-order valence-electron chi connectivity index (χ1n) is 18.0. The second-order valence-electron chi connectivity index (χ2n) is 12.2. The summed E-state index contributed by atoms with van der Waals surface area (Å²) in [5.41, 5.74) is 0. The first-order valence-corrected chi connectivity index (χ1v) is 18.0. The Balaban J connectivity index is 3.11. The summed E-state index contributed by atoms with van der Waals surface area (Å²) in [6.45, 7) is 5.19. The first-order chi connectivity index (χ1) is 18.8. The van der Waals surface area contributed by atoms with Crippen molar-refractivity contribution in [3.63, 3.8) is 0 Å². The van der Waals surface area contributed by atoms with Gasteiger partial charge in [0.2, 0.25) is 0 Å². The molecule has 0 aromatic rings. The van der Waals surface area contributed by atoms with Crippen molar-refractivity contribution in [1.29, 1.82) is 0 Å². The topological polar surface area (TPSA) is 26.3 Å². The van der Waals surface area contributed by atoms with E-state index in [1.807, 2.05) is 0 Å². The minimum atomic E-state index is 0.0245. The van der Waals surface area contributed by atoms with Crippen LogP contribution in [0.1, 0.15) is 219 Å². The number of carbonyl (C=O) groups is 1. The summed E-state index contributed by atoms with van der Waals surface area (Å²) >= 11 is 0. The molecular weight excluding hydrogens is 464 g/mol. The molecule has 0 aliphatic heterocycles. The lowest BCUT2D eigenvalue weighted by atomic mass is 10.0. The molecule has 2 heteroatoms. The lowest BCUT2D eigenvalue weighted by Gasteiger charge is -2.06. The third kappa shape index (κ3) is 33.5. The highest BCUT2D eigenvalue weighted by Crippen LogP contribution is 2.16. The fraction of sp³-hybridized carbons (Fsp3) is 0.972. The van der Waals surface area contributed by atoms with Gasteiger partial charge >= 0.3 is 5.97 Å². The van der Waals surface area contributed by atoms with Crippen LogP contribution in [0.2, 0.25) is 0 Å². The molecule has 228 valence electrons. The van der Waals surface area contributed by atoms with Gasteiger partial charge in [-0.05, 0) is 12.8 Å². The fourth-order valence-corrected chi connectivity index (χ4v) is 5.55. The highest BCUT2D eigenvalue weighted by molar-refractivity contribution is 5.69. The van der Waals surface area contributed by atoms with Crippen LogP contribution in [-0.2, 0) is 9.53 Å². The predicted octanol–water partition coefficient (Wildman–Crippen LogP) is 13.1. The van der Waals surface area contributed by atoms with Crippen LogP contribution in [0.5, 0.6) is 0 Å². The number of ether oxygens (including phenoxy) is 1. The maximum absolute atomic E-state index is 11.8. The van der Waals surface area contributed by atoms with E-state index in [0.29, 0.717) is 13.0 Å². The summed E-state index contributed by atoms with van der Waals surface area (Å²) in [7, 11) is 0. The van der Waals surface area contributed by atoms with E-state index in [1.54, 1.807) is 0 Å². The summed E-state index contributed by atoms with van der Waals surface area (Å²) in [5, 5.41) is 0. The second-order valence-corrected chi connectivity index (χ2v) is 12.2. The van der Waals surface area contributed by atoms with E-state index in [9.17, 15) is 4.79 Å². The van der Waals surface area contributed by atoms with E-state index in [0.717, 1.165) is 12.8 Å². The Hall–Kier alpha value is -0.530. The maximum atomic E-state index is 11.8. The molecule has 2 nitrogen and oxygen atoms in total. The first kappa shape index (κ1) is 37.5. The van der Waals surface area contributed by atoms with E-state index >= 15 is 0 Å². The molecule has 0 aromatic heterocycles. The van der Waals surface area contributed by atoms with Crippen LogP contribution in [0, 0.1) is 0 Å². The highest BCUT2D eigenvalue weighted by atomic mass is 16.5. The van der Waals surface area contributed by atoms with Gasteiger partial charge in [0.15, 0.2) is 0 Å². The summed E-state index contributed by atoms with van der Waals surface area (Å²) in [5.74, 6) is 0.0245. The van der Waals surface area contributed by atoms with Crippen LogP contribution in [0.15, 0.2) is 0 Å². The van der Waals surface area contributed by atoms with Crippen molar-refractivity contribution in [3.05, 3.63) is 0 Å². The molecule has 0 unspecified atom stereocenters. The molecule has 0 fully saturated rings. The average Bonchev–Trinajstić information content (AvgIpc) is 2.92. The van der Waals surface area contributed by atoms with Gasteiger partial charge in [0.25, 0.3) is 0 Å². The Morgan fingerprint density at radius 3 is 0.868 bits per heavy atom. The van der Waals surface area contributed by atoms with E-state index in [-0.39, 0.29) is 5.97 Å². The van der Waals surface area contributed by atoms with Crippen molar-refractivity contribution in [2.24, 2.45) is 0 Å². The molecule has 0 aliphatic carbocycles. The monoisotopic (exact) mass is 537 g/mol. The molecule has 0 bridgehead atoms. The summed E-state index contributed by atoms with van der Waals surface area (Å²) in [6.07, 6.45) is 43.2. The zero-order valence-electron chi connectivity index (χ0n) is 26.7. The molecular formula is C36H72O2. The van der Waals surface area contributed by atoms with Gasteiger partial charge in [0.05, 0.1) is 6.61 Å². The van der Waals surface area contributed by atoms with Crippen molar-refractivity contribution in [1.82, 2.24) is 0 Å². The van der Waals surface area contributed by atoms with Crippen molar-refractivity contribution in [2.45, 2.75) is 219 Å². The Labute approximate surface area is 241 Å². The number of unbranched alkanes of at least 4 members (excludes halogenated alkanes) is 29. The number of esters is 1. The third-order valence-corrected chi connectivity index (χ3v) is 8.25. The zero-order chi connectivity index (χ0) is 27.6. The molecule has 0 rings (SSSR count). The Bertz CT molecular complexity index is 433. The van der Waals surface area contributed by atoms with Crippen LogP contribution < -0.4 is 0 Å². The van der Waals surface area contributed by atoms with Gasteiger partial charge in [-0.1, -0.05) is 200 Å². The Morgan fingerprint density at radius 2 is 0.579 bits per heavy atom. The molecule has 38 heavy (non-hydrogen) atoms. The molecule has 0 aromatic carbocycles. The van der Waals surface area contributed by atoms with Crippen LogP contribution in [0.3, 0.4) is 0 Å². The zero-order valence-corrected chi connectivity index (χ0v) is 26.7. The molecule has 0 radical (unpaired) electrons. The van der Waals surface area contributed by atoms with E-state index in [1.165, 1.54) is 186 Å². The summed E-state index contributed by atoms with van der Waals surface area (Å²) < 4.78 is 5.40. The quantitative estimate of drug-likeness (QED) is 0.0615. The van der Waals surface area contributed by atoms with Crippen LogP contribution in [-0.4, -0.2) is 12.6 Å². The molecule has 0 aliphatic rings. The van der Waals surface area contributed by atoms with Gasteiger partial charge in [-0.15, -0.1) is 0 Å². The maximum Gasteiger partial charge on any atom is 0.305 e. The van der Waals surface area contributed by atoms with Crippen LogP contribution in [0.4, 0.5) is 0 Å². The number of hydrogen-bond donors (Lipinski definition) is 0. The summed E-state index contributed by atoms with van der Waals surface area (Å²) in [6, 6.07) is 0. The van der Waals surface area contributed by atoms with E-state index < -0.39 is 0 Å². The van der Waals surface area contributed by atoms with Gasteiger partial charge in [-0.3, -0.25) is 4.79 Å². The van der Waals surface area contributed by atoms with Crippen LogP contribution in [0.25, 0.3) is 0 Å². The van der Waals surface area contributed by atoms with Crippen molar-refractivity contribution in [3.8, 4) is 0 Å². The predicted molar refractivity (Wildman–Crippen MR) is 170 cm³/mol. The van der Waals surface area contributed by atoms with E-state index in [2.05, 4.69) is 13.8 Å². The molecule has 0 N–H and O–H groups in total.